The normalized spacial score (nSPS) is 18.1. The van der Waals surface area contributed by atoms with Gasteiger partial charge in [-0.15, -0.1) is 0 Å². The fraction of sp³-hybridized carbons (Fsp3) is 0.111. The molecule has 0 N–H and O–H groups in total. The summed E-state index contributed by atoms with van der Waals surface area (Å²) < 4.78 is 36.8. The molecule has 1 aliphatic rings. The van der Waals surface area contributed by atoms with E-state index in [0.29, 0.717) is 17.2 Å². The molecule has 0 spiro atoms. The summed E-state index contributed by atoms with van der Waals surface area (Å²) in [6.45, 7) is 0.870. The zero-order valence-corrected chi connectivity index (χ0v) is 19.9. The van der Waals surface area contributed by atoms with E-state index in [4.69, 9.17) is 4.52 Å². The first-order chi connectivity index (χ1) is 16.1. The Bertz CT molecular complexity index is 1210. The van der Waals surface area contributed by atoms with E-state index in [1.807, 2.05) is 126 Å². The van der Waals surface area contributed by atoms with Crippen LogP contribution in [0.1, 0.15) is 0 Å². The highest BCUT2D eigenvalue weighted by molar-refractivity contribution is 7.76. The van der Waals surface area contributed by atoms with E-state index in [-0.39, 0.29) is 12.6 Å². The van der Waals surface area contributed by atoms with E-state index >= 15 is 0 Å². The van der Waals surface area contributed by atoms with Crippen LogP contribution < -0.4 is 21.2 Å². The summed E-state index contributed by atoms with van der Waals surface area (Å²) >= 11 is 0. The van der Waals surface area contributed by atoms with Crippen LogP contribution in [0, 0.1) is 0 Å². The molecule has 2 atom stereocenters. The van der Waals surface area contributed by atoms with Gasteiger partial charge in [0, 0.05) is 27.8 Å². The van der Waals surface area contributed by atoms with Crippen molar-refractivity contribution >= 4 is 35.9 Å². The zero-order chi connectivity index (χ0) is 22.7. The third-order valence-electron chi connectivity index (χ3n) is 5.90. The van der Waals surface area contributed by atoms with Crippen LogP contribution in [-0.2, 0) is 13.7 Å². The summed E-state index contributed by atoms with van der Waals surface area (Å²) in [5, 5.41) is 2.93. The number of rotatable bonds is 8. The highest BCUT2D eigenvalue weighted by Crippen LogP contribution is 2.56. The Kier molecular flexibility index (Phi) is 6.19. The van der Waals surface area contributed by atoms with E-state index in [9.17, 15) is 9.13 Å². The summed E-state index contributed by atoms with van der Waals surface area (Å²) in [6.07, 6.45) is 0. The average Bonchev–Trinajstić information content (AvgIpc) is 3.69. The molecule has 5 rings (SSSR count). The second-order valence-electron chi connectivity index (χ2n) is 8.04. The van der Waals surface area contributed by atoms with Gasteiger partial charge in [0.15, 0.2) is 0 Å². The molecule has 0 aliphatic carbocycles. The Morgan fingerprint density at radius 1 is 0.606 bits per heavy atom. The number of hydrogen-bond acceptors (Lipinski definition) is 3. The quantitative estimate of drug-likeness (QED) is 0.278. The first kappa shape index (κ1) is 22.1. The van der Waals surface area contributed by atoms with Crippen LogP contribution in [0.5, 0.6) is 0 Å². The molecular formula is C27H25NO3P2. The van der Waals surface area contributed by atoms with Crippen LogP contribution in [0.25, 0.3) is 0 Å². The predicted octanol–water partition coefficient (Wildman–Crippen LogP) is 4.55. The first-order valence-corrected chi connectivity index (χ1v) is 14.2. The fourth-order valence-electron chi connectivity index (χ4n) is 4.10. The van der Waals surface area contributed by atoms with Gasteiger partial charge >= 0.3 is 0 Å². The maximum Gasteiger partial charge on any atom is 0.261 e. The average molecular weight is 473 g/mol. The third-order valence-corrected chi connectivity index (χ3v) is 11.6. The number of benzene rings is 4. The van der Waals surface area contributed by atoms with Crippen molar-refractivity contribution in [3.05, 3.63) is 121 Å². The van der Waals surface area contributed by atoms with E-state index in [0.717, 1.165) is 10.6 Å². The van der Waals surface area contributed by atoms with Gasteiger partial charge in [-0.25, -0.2) is 4.67 Å². The Hall–Kier alpha value is -2.74. The van der Waals surface area contributed by atoms with Gasteiger partial charge in [0.25, 0.3) is 7.37 Å². The van der Waals surface area contributed by atoms with Gasteiger partial charge in [-0.3, -0.25) is 9.13 Å². The largest absolute Gasteiger partial charge is 0.320 e. The first-order valence-electron chi connectivity index (χ1n) is 11.0. The van der Waals surface area contributed by atoms with Crippen LogP contribution in [0.3, 0.4) is 0 Å². The Morgan fingerprint density at radius 2 is 0.970 bits per heavy atom. The molecule has 4 nitrogen and oxygen atoms in total. The summed E-state index contributed by atoms with van der Waals surface area (Å²) in [4.78, 5) is 0. The maximum absolute atomic E-state index is 14.5. The molecule has 166 valence electrons. The van der Waals surface area contributed by atoms with Crippen molar-refractivity contribution < 1.29 is 13.7 Å². The minimum atomic E-state index is -3.28. The minimum Gasteiger partial charge on any atom is -0.320 e. The van der Waals surface area contributed by atoms with Crippen molar-refractivity contribution in [1.82, 2.24) is 4.67 Å². The predicted molar refractivity (Wildman–Crippen MR) is 136 cm³/mol. The van der Waals surface area contributed by atoms with Gasteiger partial charge in [0.05, 0.1) is 12.6 Å². The molecule has 33 heavy (non-hydrogen) atoms. The summed E-state index contributed by atoms with van der Waals surface area (Å²) in [5.74, 6) is 0. The SMILES string of the molecule is O=P(OCC1CN1P(=O)(c1ccccc1)c1ccccc1)(c1ccccc1)c1ccccc1. The lowest BCUT2D eigenvalue weighted by Gasteiger charge is -2.23. The molecule has 0 saturated carbocycles. The Labute approximate surface area is 194 Å². The third kappa shape index (κ3) is 4.28. The monoisotopic (exact) mass is 473 g/mol. The minimum absolute atomic E-state index is 0.0722. The van der Waals surface area contributed by atoms with Crippen LogP contribution in [0.2, 0.25) is 0 Å². The van der Waals surface area contributed by atoms with Crippen molar-refractivity contribution in [3.8, 4) is 0 Å². The fourth-order valence-corrected chi connectivity index (χ4v) is 9.19. The van der Waals surface area contributed by atoms with Gasteiger partial charge in [-0.05, 0) is 48.5 Å². The molecule has 4 aromatic rings. The smallest absolute Gasteiger partial charge is 0.261 e. The van der Waals surface area contributed by atoms with Crippen LogP contribution in [0.4, 0.5) is 0 Å². The lowest BCUT2D eigenvalue weighted by atomic mass is 10.4. The van der Waals surface area contributed by atoms with Crippen molar-refractivity contribution in [2.75, 3.05) is 13.2 Å². The molecule has 1 fully saturated rings. The van der Waals surface area contributed by atoms with E-state index in [1.54, 1.807) is 0 Å². The standard InChI is InChI=1S/C27H25NO3P2/c29-32(24-13-5-1-6-14-24,25-15-7-2-8-16-25)28-21-23(28)22-31-33(30,26-17-9-3-10-18-26)27-19-11-4-12-20-27/h1-20,23H,21-22H2. The Balaban J connectivity index is 1.43. The molecule has 0 radical (unpaired) electrons. The van der Waals surface area contributed by atoms with Gasteiger partial charge in [-0.2, -0.15) is 0 Å². The zero-order valence-electron chi connectivity index (χ0n) is 18.1. The topological polar surface area (TPSA) is 46.4 Å². The van der Waals surface area contributed by atoms with E-state index in [1.165, 1.54) is 0 Å². The van der Waals surface area contributed by atoms with Gasteiger partial charge < -0.3 is 4.52 Å². The molecular weight excluding hydrogens is 448 g/mol. The lowest BCUT2D eigenvalue weighted by Crippen LogP contribution is -2.24. The number of nitrogens with zero attached hydrogens (tertiary/aromatic N) is 1. The molecule has 2 unspecified atom stereocenters. The molecule has 0 bridgehead atoms. The van der Waals surface area contributed by atoms with Gasteiger partial charge in [0.1, 0.15) is 0 Å². The van der Waals surface area contributed by atoms with Crippen LogP contribution in [-0.4, -0.2) is 23.9 Å². The Morgan fingerprint density at radius 3 is 1.36 bits per heavy atom. The number of hydrogen-bond donors (Lipinski definition) is 0. The molecule has 1 saturated heterocycles. The molecule has 0 amide bonds. The highest BCUT2D eigenvalue weighted by Gasteiger charge is 2.50. The van der Waals surface area contributed by atoms with Crippen molar-refractivity contribution in [2.45, 2.75) is 6.04 Å². The molecule has 1 aliphatic heterocycles. The van der Waals surface area contributed by atoms with Crippen LogP contribution >= 0.6 is 14.7 Å². The van der Waals surface area contributed by atoms with Crippen molar-refractivity contribution in [2.24, 2.45) is 0 Å². The molecule has 0 aromatic heterocycles. The lowest BCUT2D eigenvalue weighted by molar-refractivity contribution is 0.319. The van der Waals surface area contributed by atoms with Gasteiger partial charge in [0.2, 0.25) is 7.29 Å². The second-order valence-corrected chi connectivity index (χ2v) is 13.1. The summed E-state index contributed by atoms with van der Waals surface area (Å²) in [7, 11) is -6.28. The highest BCUT2D eigenvalue weighted by atomic mass is 31.2. The summed E-state index contributed by atoms with van der Waals surface area (Å²) in [6, 6.07) is 37.8. The summed E-state index contributed by atoms with van der Waals surface area (Å²) in [5.41, 5.74) is 0. The van der Waals surface area contributed by atoms with E-state index < -0.39 is 14.7 Å². The van der Waals surface area contributed by atoms with Crippen LogP contribution in [0.15, 0.2) is 121 Å². The van der Waals surface area contributed by atoms with Crippen molar-refractivity contribution in [3.63, 3.8) is 0 Å². The molecule has 4 aromatic carbocycles. The maximum atomic E-state index is 14.5. The van der Waals surface area contributed by atoms with Crippen molar-refractivity contribution in [1.29, 1.82) is 0 Å². The second kappa shape index (κ2) is 9.25. The molecule has 6 heteroatoms. The van der Waals surface area contributed by atoms with Gasteiger partial charge in [-0.1, -0.05) is 72.8 Å². The van der Waals surface area contributed by atoms with E-state index in [2.05, 4.69) is 0 Å². The molecule has 1 heterocycles.